The van der Waals surface area contributed by atoms with Gasteiger partial charge in [-0.15, -0.1) is 0 Å². The summed E-state index contributed by atoms with van der Waals surface area (Å²) in [6, 6.07) is 8.83. The van der Waals surface area contributed by atoms with Gasteiger partial charge in [0.15, 0.2) is 5.56 Å². The SMILES string of the molecule is CCOc1ccnc(OC2CCC(C)N(C(=O)c3ccccc3-n3nccn3)C2)c1C(=O)OC. The van der Waals surface area contributed by atoms with Gasteiger partial charge in [-0.25, -0.2) is 9.78 Å². The molecule has 10 heteroatoms. The minimum absolute atomic E-state index is 0.00813. The molecule has 1 aromatic carbocycles. The first-order chi connectivity index (χ1) is 16.5. The van der Waals surface area contributed by atoms with Crippen molar-refractivity contribution in [2.45, 2.75) is 38.8 Å². The van der Waals surface area contributed by atoms with Crippen LogP contribution in [0.4, 0.5) is 0 Å². The number of amides is 1. The van der Waals surface area contributed by atoms with Crippen molar-refractivity contribution in [2.24, 2.45) is 0 Å². The molecule has 10 nitrogen and oxygen atoms in total. The average Bonchev–Trinajstić information content (AvgIpc) is 3.40. The fraction of sp³-hybridized carbons (Fsp3) is 0.375. The summed E-state index contributed by atoms with van der Waals surface area (Å²) >= 11 is 0. The van der Waals surface area contributed by atoms with Gasteiger partial charge < -0.3 is 19.1 Å². The van der Waals surface area contributed by atoms with E-state index >= 15 is 0 Å². The first-order valence-electron chi connectivity index (χ1n) is 11.2. The van der Waals surface area contributed by atoms with E-state index in [1.807, 2.05) is 32.0 Å². The lowest BCUT2D eigenvalue weighted by atomic mass is 9.99. The van der Waals surface area contributed by atoms with Crippen LogP contribution in [0.2, 0.25) is 0 Å². The van der Waals surface area contributed by atoms with E-state index in [2.05, 4.69) is 15.2 Å². The number of pyridine rings is 1. The van der Waals surface area contributed by atoms with Crippen molar-refractivity contribution < 1.29 is 23.8 Å². The van der Waals surface area contributed by atoms with E-state index in [9.17, 15) is 9.59 Å². The van der Waals surface area contributed by atoms with Crippen LogP contribution in [0, 0.1) is 0 Å². The van der Waals surface area contributed by atoms with E-state index in [-0.39, 0.29) is 29.5 Å². The Labute approximate surface area is 197 Å². The van der Waals surface area contributed by atoms with Crippen molar-refractivity contribution in [1.82, 2.24) is 24.9 Å². The maximum Gasteiger partial charge on any atom is 0.347 e. The van der Waals surface area contributed by atoms with Crippen LogP contribution in [0.15, 0.2) is 48.9 Å². The minimum atomic E-state index is -0.593. The Morgan fingerprint density at radius 1 is 1.09 bits per heavy atom. The molecule has 2 aromatic heterocycles. The highest BCUT2D eigenvalue weighted by Gasteiger charge is 2.33. The second kappa shape index (κ2) is 10.3. The number of benzene rings is 1. The number of piperidine rings is 1. The maximum absolute atomic E-state index is 13.6. The first-order valence-corrected chi connectivity index (χ1v) is 11.2. The van der Waals surface area contributed by atoms with E-state index in [1.165, 1.54) is 18.1 Å². The van der Waals surface area contributed by atoms with Gasteiger partial charge in [0.25, 0.3) is 5.91 Å². The molecule has 0 aliphatic carbocycles. The van der Waals surface area contributed by atoms with Crippen molar-refractivity contribution in [3.8, 4) is 17.3 Å². The zero-order chi connectivity index (χ0) is 24.1. The van der Waals surface area contributed by atoms with Crippen LogP contribution in [0.3, 0.4) is 0 Å². The zero-order valence-electron chi connectivity index (χ0n) is 19.4. The maximum atomic E-state index is 13.6. The molecule has 0 bridgehead atoms. The molecule has 2 atom stereocenters. The fourth-order valence-electron chi connectivity index (χ4n) is 4.02. The van der Waals surface area contributed by atoms with Gasteiger partial charge in [0.05, 0.1) is 43.9 Å². The molecular formula is C24H27N5O5. The summed E-state index contributed by atoms with van der Waals surface area (Å²) in [4.78, 5) is 33.5. The van der Waals surface area contributed by atoms with Crippen LogP contribution in [0.25, 0.3) is 5.69 Å². The van der Waals surface area contributed by atoms with Crippen molar-refractivity contribution in [3.05, 3.63) is 60.0 Å². The van der Waals surface area contributed by atoms with Crippen molar-refractivity contribution in [1.29, 1.82) is 0 Å². The van der Waals surface area contributed by atoms with Gasteiger partial charge >= 0.3 is 5.97 Å². The predicted octanol–water partition coefficient (Wildman–Crippen LogP) is 2.92. The summed E-state index contributed by atoms with van der Waals surface area (Å²) in [6.07, 6.45) is 5.73. The number of hydrogen-bond acceptors (Lipinski definition) is 8. The molecular weight excluding hydrogens is 438 g/mol. The van der Waals surface area contributed by atoms with Crippen LogP contribution >= 0.6 is 0 Å². The van der Waals surface area contributed by atoms with Crippen LogP contribution in [0.1, 0.15) is 47.4 Å². The Kier molecular flexibility index (Phi) is 7.05. The van der Waals surface area contributed by atoms with E-state index in [0.717, 1.165) is 6.42 Å². The van der Waals surface area contributed by atoms with Crippen molar-refractivity contribution in [2.75, 3.05) is 20.3 Å². The highest BCUT2D eigenvalue weighted by atomic mass is 16.5. The van der Waals surface area contributed by atoms with Gasteiger partial charge in [-0.2, -0.15) is 15.0 Å². The number of ether oxygens (including phenoxy) is 3. The lowest BCUT2D eigenvalue weighted by molar-refractivity contribution is 0.0357. The van der Waals surface area contributed by atoms with Crippen LogP contribution in [-0.2, 0) is 4.74 Å². The molecule has 178 valence electrons. The second-order valence-electron chi connectivity index (χ2n) is 7.87. The molecule has 1 aliphatic rings. The number of carbonyl (C=O) groups is 2. The number of hydrogen-bond donors (Lipinski definition) is 0. The summed E-state index contributed by atoms with van der Waals surface area (Å²) in [5.41, 5.74) is 1.24. The minimum Gasteiger partial charge on any atom is -0.493 e. The molecule has 1 saturated heterocycles. The number of carbonyl (C=O) groups excluding carboxylic acids is 2. The van der Waals surface area contributed by atoms with Crippen LogP contribution in [0.5, 0.6) is 11.6 Å². The third kappa shape index (κ3) is 4.70. The lowest BCUT2D eigenvalue weighted by Crippen LogP contribution is -2.49. The monoisotopic (exact) mass is 465 g/mol. The number of rotatable bonds is 7. The number of para-hydroxylation sites is 1. The highest BCUT2D eigenvalue weighted by Crippen LogP contribution is 2.30. The molecule has 1 aliphatic heterocycles. The molecule has 1 amide bonds. The smallest absolute Gasteiger partial charge is 0.347 e. The summed E-state index contributed by atoms with van der Waals surface area (Å²) in [7, 11) is 1.30. The molecule has 0 N–H and O–H groups in total. The predicted molar refractivity (Wildman–Crippen MR) is 122 cm³/mol. The molecule has 0 saturated carbocycles. The van der Waals surface area contributed by atoms with Crippen LogP contribution in [-0.4, -0.2) is 69.2 Å². The van der Waals surface area contributed by atoms with Gasteiger partial charge in [-0.3, -0.25) is 4.79 Å². The Balaban J connectivity index is 1.58. The fourth-order valence-corrected chi connectivity index (χ4v) is 4.02. The number of methoxy groups -OCH3 is 1. The molecule has 1 fully saturated rings. The number of aromatic nitrogens is 4. The normalized spacial score (nSPS) is 17.8. The largest absolute Gasteiger partial charge is 0.493 e. The van der Waals surface area contributed by atoms with Gasteiger partial charge in [-0.05, 0) is 44.9 Å². The molecule has 3 aromatic rings. The third-order valence-electron chi connectivity index (χ3n) is 5.71. The standard InChI is InChI=1S/C24H27N5O5/c1-4-33-20-11-12-25-22(21(20)24(31)32-3)34-17-10-9-16(2)28(15-17)23(30)18-7-5-6-8-19(18)29-26-13-14-27-29/h5-8,11-14,16-17H,4,9-10,15H2,1-3H3. The van der Waals surface area contributed by atoms with Crippen molar-refractivity contribution >= 4 is 11.9 Å². The molecule has 3 heterocycles. The summed E-state index contributed by atoms with van der Waals surface area (Å²) in [6.45, 7) is 4.55. The van der Waals surface area contributed by atoms with E-state index in [4.69, 9.17) is 14.2 Å². The van der Waals surface area contributed by atoms with Crippen molar-refractivity contribution in [3.63, 3.8) is 0 Å². The van der Waals surface area contributed by atoms with Gasteiger partial charge in [0, 0.05) is 12.2 Å². The Bertz CT molecular complexity index is 1150. The second-order valence-corrected chi connectivity index (χ2v) is 7.87. The number of esters is 1. The summed E-state index contributed by atoms with van der Waals surface area (Å²) in [5.74, 6) is -0.259. The molecule has 0 spiro atoms. The number of nitrogens with zero attached hydrogens (tertiary/aromatic N) is 5. The van der Waals surface area contributed by atoms with Gasteiger partial charge in [0.1, 0.15) is 11.9 Å². The van der Waals surface area contributed by atoms with Gasteiger partial charge in [-0.1, -0.05) is 12.1 Å². The number of likely N-dealkylation sites (tertiary alicyclic amines) is 1. The molecule has 4 rings (SSSR count). The summed E-state index contributed by atoms with van der Waals surface area (Å²) in [5, 5.41) is 8.34. The van der Waals surface area contributed by atoms with E-state index in [0.29, 0.717) is 36.6 Å². The Morgan fingerprint density at radius 3 is 2.59 bits per heavy atom. The zero-order valence-corrected chi connectivity index (χ0v) is 19.4. The Hall–Kier alpha value is -3.95. The first kappa shape index (κ1) is 23.2. The topological polar surface area (TPSA) is 109 Å². The Morgan fingerprint density at radius 2 is 1.85 bits per heavy atom. The molecule has 2 unspecified atom stereocenters. The average molecular weight is 466 g/mol. The molecule has 0 radical (unpaired) electrons. The van der Waals surface area contributed by atoms with E-state index in [1.54, 1.807) is 29.4 Å². The van der Waals surface area contributed by atoms with Gasteiger partial charge in [0.2, 0.25) is 5.88 Å². The quantitative estimate of drug-likeness (QED) is 0.490. The summed E-state index contributed by atoms with van der Waals surface area (Å²) < 4.78 is 16.6. The van der Waals surface area contributed by atoms with Crippen LogP contribution < -0.4 is 9.47 Å². The van der Waals surface area contributed by atoms with E-state index < -0.39 is 5.97 Å². The third-order valence-corrected chi connectivity index (χ3v) is 5.71. The highest BCUT2D eigenvalue weighted by molar-refractivity contribution is 5.98. The lowest BCUT2D eigenvalue weighted by Gasteiger charge is -2.38. The molecule has 34 heavy (non-hydrogen) atoms.